The average molecular weight is 821 g/mol. The van der Waals surface area contributed by atoms with Gasteiger partial charge >= 0.3 is 6.03 Å². The van der Waals surface area contributed by atoms with Crippen molar-refractivity contribution in [3.05, 3.63) is 97.4 Å². The van der Waals surface area contributed by atoms with Crippen LogP contribution in [0.15, 0.2) is 65.8 Å². The number of piperidine rings is 1. The van der Waals surface area contributed by atoms with E-state index in [1.165, 1.54) is 7.11 Å². The number of amides is 4. The van der Waals surface area contributed by atoms with Crippen LogP contribution in [-0.2, 0) is 16.1 Å². The minimum absolute atomic E-state index is 0.0598. The van der Waals surface area contributed by atoms with E-state index in [4.69, 9.17) is 57.0 Å². The van der Waals surface area contributed by atoms with Crippen molar-refractivity contribution in [3.63, 3.8) is 0 Å². The number of phenols is 1. The lowest BCUT2D eigenvalue weighted by Crippen LogP contribution is -2.57. The third-order valence-electron chi connectivity index (χ3n) is 10.1. The fourth-order valence-corrected chi connectivity index (χ4v) is 8.14. The summed E-state index contributed by atoms with van der Waals surface area (Å²) in [6.45, 7) is 3.96. The van der Waals surface area contributed by atoms with Crippen LogP contribution in [0.2, 0.25) is 20.1 Å². The molecular weight excluding hydrogens is 774 g/mol. The van der Waals surface area contributed by atoms with Gasteiger partial charge in [0.1, 0.15) is 12.9 Å². The maximum Gasteiger partial charge on any atom is 0.320 e. The van der Waals surface area contributed by atoms with Crippen LogP contribution in [0.4, 0.5) is 4.79 Å². The van der Waals surface area contributed by atoms with E-state index >= 15 is 0 Å². The van der Waals surface area contributed by atoms with Gasteiger partial charge in [0.2, 0.25) is 5.91 Å². The first-order valence-corrected chi connectivity index (χ1v) is 19.5. The molecule has 2 heterocycles. The molecule has 5 rings (SSSR count). The SMILES string of the molecule is CO/N=C(\CN(C)C(=O)c1cc(Cl)cc(Cl)c1)C(CCN1CCC(N2CCCN(C[C@@H](Cc3ccc(O)cc3)C(N)=O)C2=O)CC1)c1ccc(Cl)c(Cl)c1. The zero-order valence-corrected chi connectivity index (χ0v) is 33.4. The first-order chi connectivity index (χ1) is 25.8. The van der Waals surface area contributed by atoms with Gasteiger partial charge in [-0.25, -0.2) is 4.79 Å². The van der Waals surface area contributed by atoms with Crippen LogP contribution in [0.5, 0.6) is 5.75 Å². The van der Waals surface area contributed by atoms with Crippen molar-refractivity contribution in [3.8, 4) is 5.75 Å². The fraction of sp³-hybridized carbons (Fsp3) is 0.436. The summed E-state index contributed by atoms with van der Waals surface area (Å²) in [5, 5.41) is 15.6. The minimum atomic E-state index is -0.538. The Labute approximate surface area is 336 Å². The van der Waals surface area contributed by atoms with E-state index in [0.717, 1.165) is 50.0 Å². The van der Waals surface area contributed by atoms with Gasteiger partial charge in [-0.1, -0.05) is 69.8 Å². The second kappa shape index (κ2) is 19.2. The zero-order chi connectivity index (χ0) is 38.9. The normalized spacial score (nSPS) is 17.0. The number of halogens is 4. The number of oxime groups is 1. The van der Waals surface area contributed by atoms with Gasteiger partial charge in [0.25, 0.3) is 5.91 Å². The highest BCUT2D eigenvalue weighted by molar-refractivity contribution is 6.42. The largest absolute Gasteiger partial charge is 0.508 e. The van der Waals surface area contributed by atoms with Crippen LogP contribution in [0.1, 0.15) is 53.1 Å². The molecule has 0 saturated carbocycles. The number of nitrogens with zero attached hydrogens (tertiary/aromatic N) is 5. The average Bonchev–Trinajstić information content (AvgIpc) is 3.14. The van der Waals surface area contributed by atoms with Gasteiger partial charge in [0, 0.05) is 67.3 Å². The maximum absolute atomic E-state index is 13.7. The summed E-state index contributed by atoms with van der Waals surface area (Å²) in [6, 6.07) is 16.9. The number of hydrogen-bond donors (Lipinski definition) is 2. The van der Waals surface area contributed by atoms with Gasteiger partial charge in [-0.15, -0.1) is 0 Å². The third-order valence-corrected chi connectivity index (χ3v) is 11.3. The van der Waals surface area contributed by atoms with Crippen LogP contribution in [0, 0.1) is 5.92 Å². The Balaban J connectivity index is 1.22. The highest BCUT2D eigenvalue weighted by atomic mass is 35.5. The molecule has 54 heavy (non-hydrogen) atoms. The van der Waals surface area contributed by atoms with Crippen molar-refractivity contribution in [2.24, 2.45) is 16.8 Å². The number of aromatic hydroxyl groups is 1. The Bertz CT molecular complexity index is 1800. The number of carbonyl (C=O) groups is 3. The number of primary amides is 1. The molecule has 2 saturated heterocycles. The van der Waals surface area contributed by atoms with Crippen LogP contribution >= 0.6 is 46.4 Å². The molecule has 1 unspecified atom stereocenters. The smallest absolute Gasteiger partial charge is 0.320 e. The number of nitrogens with two attached hydrogens (primary N) is 1. The number of carbonyl (C=O) groups excluding carboxylic acids is 3. The molecule has 2 fully saturated rings. The van der Waals surface area contributed by atoms with Crippen molar-refractivity contribution >= 4 is 70.0 Å². The second-order valence-electron chi connectivity index (χ2n) is 13.9. The van der Waals surface area contributed by atoms with Crippen molar-refractivity contribution < 1.29 is 24.3 Å². The highest BCUT2D eigenvalue weighted by Crippen LogP contribution is 2.31. The summed E-state index contributed by atoms with van der Waals surface area (Å²) >= 11 is 25.1. The lowest BCUT2D eigenvalue weighted by atomic mass is 9.89. The molecule has 2 aliphatic heterocycles. The van der Waals surface area contributed by atoms with Crippen LogP contribution in [-0.4, -0.2) is 114 Å². The number of phenolic OH excluding ortho intramolecular Hbond substituents is 1. The summed E-state index contributed by atoms with van der Waals surface area (Å²) in [7, 11) is 3.16. The number of benzene rings is 3. The molecular formula is C39H46Cl4N6O5. The Morgan fingerprint density at radius 3 is 2.28 bits per heavy atom. The zero-order valence-electron chi connectivity index (χ0n) is 30.4. The molecule has 4 amide bonds. The highest BCUT2D eigenvalue weighted by Gasteiger charge is 2.35. The molecule has 3 aromatic carbocycles. The molecule has 0 spiro atoms. The number of likely N-dealkylation sites (tertiary alicyclic amines) is 1. The molecule has 3 aromatic rings. The Hall–Kier alpha value is -3.74. The van der Waals surface area contributed by atoms with Crippen LogP contribution in [0.25, 0.3) is 0 Å². The predicted molar refractivity (Wildman–Crippen MR) is 214 cm³/mol. The van der Waals surface area contributed by atoms with Gasteiger partial charge in [-0.3, -0.25) is 9.59 Å². The summed E-state index contributed by atoms with van der Waals surface area (Å²) in [5.41, 5.74) is 8.53. The molecule has 0 aromatic heterocycles. The second-order valence-corrected chi connectivity index (χ2v) is 15.6. The predicted octanol–water partition coefficient (Wildman–Crippen LogP) is 7.19. The molecule has 0 radical (unpaired) electrons. The lowest BCUT2D eigenvalue weighted by Gasteiger charge is -2.44. The quantitative estimate of drug-likeness (QED) is 0.123. The minimum Gasteiger partial charge on any atom is -0.508 e. The number of rotatable bonds is 15. The van der Waals surface area contributed by atoms with Gasteiger partial charge in [-0.05, 0) is 92.2 Å². The summed E-state index contributed by atoms with van der Waals surface area (Å²) in [4.78, 5) is 52.5. The fourth-order valence-electron chi connectivity index (χ4n) is 7.30. The third kappa shape index (κ3) is 10.9. The van der Waals surface area contributed by atoms with Crippen molar-refractivity contribution in [2.45, 2.75) is 44.1 Å². The van der Waals surface area contributed by atoms with E-state index in [1.807, 2.05) is 17.0 Å². The lowest BCUT2D eigenvalue weighted by molar-refractivity contribution is -0.122. The topological polar surface area (TPSA) is 132 Å². The van der Waals surface area contributed by atoms with E-state index in [-0.39, 0.29) is 42.7 Å². The first-order valence-electron chi connectivity index (χ1n) is 17.9. The van der Waals surface area contributed by atoms with Gasteiger partial charge in [-0.2, -0.15) is 0 Å². The maximum atomic E-state index is 13.7. The van der Waals surface area contributed by atoms with Crippen molar-refractivity contribution in [1.29, 1.82) is 0 Å². The molecule has 15 heteroatoms. The Morgan fingerprint density at radius 1 is 0.963 bits per heavy atom. The van der Waals surface area contributed by atoms with E-state index in [1.54, 1.807) is 65.4 Å². The molecule has 11 nitrogen and oxygen atoms in total. The first kappa shape index (κ1) is 41.4. The van der Waals surface area contributed by atoms with Crippen LogP contribution < -0.4 is 5.73 Å². The van der Waals surface area contributed by atoms with Gasteiger partial charge in [0.15, 0.2) is 0 Å². The molecule has 290 valence electrons. The summed E-state index contributed by atoms with van der Waals surface area (Å²) in [6.07, 6.45) is 3.47. The van der Waals surface area contributed by atoms with Crippen LogP contribution in [0.3, 0.4) is 0 Å². The Morgan fingerprint density at radius 2 is 1.65 bits per heavy atom. The Kier molecular flexibility index (Phi) is 14.7. The monoisotopic (exact) mass is 818 g/mol. The van der Waals surface area contributed by atoms with E-state index in [0.29, 0.717) is 57.3 Å². The van der Waals surface area contributed by atoms with E-state index in [9.17, 15) is 19.5 Å². The number of urea groups is 1. The molecule has 2 atom stereocenters. The van der Waals surface area contributed by atoms with Crippen molar-refractivity contribution in [1.82, 2.24) is 19.6 Å². The molecule has 3 N–H and O–H groups in total. The molecule has 0 aliphatic carbocycles. The standard InChI is InChI=1S/C39H46Cl4N6O5/c1-46(38(52)27-19-29(40)22-30(41)20-27)24-36(45-54-2)33(26-6-9-34(42)35(43)21-26)12-17-47-15-10-31(11-16-47)49-14-3-13-48(39(49)53)23-28(37(44)51)18-25-4-7-32(50)8-5-25/h4-9,19-22,28,31,33,50H,3,10-18,23-24H2,1-2H3,(H2,44,51)/b45-36+/t28-,33?/m1/s1. The van der Waals surface area contributed by atoms with E-state index < -0.39 is 11.8 Å². The molecule has 0 bridgehead atoms. The van der Waals surface area contributed by atoms with E-state index in [2.05, 4.69) is 10.1 Å². The molecule has 2 aliphatic rings. The van der Waals surface area contributed by atoms with Crippen molar-refractivity contribution in [2.75, 3.05) is 60.0 Å². The van der Waals surface area contributed by atoms with Gasteiger partial charge in [0.05, 0.1) is 28.2 Å². The summed E-state index contributed by atoms with van der Waals surface area (Å²) < 4.78 is 0. The number of hydrogen-bond acceptors (Lipinski definition) is 7. The summed E-state index contributed by atoms with van der Waals surface area (Å²) in [5.74, 6) is -1.37. The van der Waals surface area contributed by atoms with Gasteiger partial charge < -0.3 is 35.3 Å².